The number of carbonyl (C=O) groups is 1. The summed E-state index contributed by atoms with van der Waals surface area (Å²) in [6, 6.07) is 1.76. The van der Waals surface area contributed by atoms with Crippen LogP contribution in [0.3, 0.4) is 0 Å². The Balaban J connectivity index is 2.24. The summed E-state index contributed by atoms with van der Waals surface area (Å²) in [5, 5.41) is 15.2. The van der Waals surface area contributed by atoms with Crippen LogP contribution in [0.5, 0.6) is 0 Å². The third-order valence-electron chi connectivity index (χ3n) is 3.78. The number of halogens is 2. The summed E-state index contributed by atoms with van der Waals surface area (Å²) >= 11 is 8.10. The minimum atomic E-state index is -0.745. The van der Waals surface area contributed by atoms with Crippen molar-refractivity contribution in [3.05, 3.63) is 19.2 Å². The van der Waals surface area contributed by atoms with Crippen LogP contribution in [0.1, 0.15) is 48.2 Å². The Hall–Kier alpha value is -0.600. The Bertz CT molecular complexity index is 532. The molecule has 1 aliphatic carbocycles. The monoisotopic (exact) mass is 437 g/mol. The van der Waals surface area contributed by atoms with Gasteiger partial charge in [0.15, 0.2) is 5.84 Å². The third kappa shape index (κ3) is 3.78. The minimum Gasteiger partial charge on any atom is -0.409 e. The summed E-state index contributed by atoms with van der Waals surface area (Å²) in [6.07, 6.45) is 5.51. The molecule has 0 saturated heterocycles. The number of nitrogens with one attached hydrogen (secondary N) is 1. The Morgan fingerprint density at radius 3 is 2.43 bits per heavy atom. The number of rotatable bonds is 3. The van der Waals surface area contributed by atoms with Crippen LogP contribution in [0.2, 0.25) is 0 Å². The summed E-state index contributed by atoms with van der Waals surface area (Å²) in [7, 11) is 0. The molecule has 116 valence electrons. The molecule has 1 amide bonds. The number of nitrogens with two attached hydrogens (primary N) is 1. The van der Waals surface area contributed by atoms with Crippen LogP contribution in [0.4, 0.5) is 0 Å². The maximum Gasteiger partial charge on any atom is 0.262 e. The largest absolute Gasteiger partial charge is 0.409 e. The first kappa shape index (κ1) is 16.8. The molecule has 0 unspecified atom stereocenters. The van der Waals surface area contributed by atoms with Crippen molar-refractivity contribution in [2.75, 3.05) is 0 Å². The van der Waals surface area contributed by atoms with Gasteiger partial charge in [0.2, 0.25) is 0 Å². The standard InChI is InChI=1S/C13H17Br2N3O2S/c14-8-7-9(21-10(8)15)11(19)17-13(12(16)18-20)5-3-1-2-4-6-13/h7,20H,1-6H2,(H2,16,18)(H,17,19). The summed E-state index contributed by atoms with van der Waals surface area (Å²) in [4.78, 5) is 13.1. The van der Waals surface area contributed by atoms with Crippen LogP contribution in [0.15, 0.2) is 19.5 Å². The number of oxime groups is 1. The van der Waals surface area contributed by atoms with Gasteiger partial charge >= 0.3 is 0 Å². The molecular formula is C13H17Br2N3O2S. The van der Waals surface area contributed by atoms with Crippen molar-refractivity contribution in [1.29, 1.82) is 0 Å². The molecule has 0 spiro atoms. The molecule has 4 N–H and O–H groups in total. The van der Waals surface area contributed by atoms with Crippen molar-refractivity contribution in [2.24, 2.45) is 10.9 Å². The van der Waals surface area contributed by atoms with Gasteiger partial charge in [0.25, 0.3) is 5.91 Å². The second-order valence-corrected chi connectivity index (χ2v) is 8.39. The molecule has 0 bridgehead atoms. The van der Waals surface area contributed by atoms with Gasteiger partial charge in [-0.05, 0) is 50.8 Å². The highest BCUT2D eigenvalue weighted by Crippen LogP contribution is 2.33. The molecule has 0 atom stereocenters. The summed E-state index contributed by atoms with van der Waals surface area (Å²) in [5.74, 6) is -0.104. The molecule has 1 aromatic rings. The molecule has 0 aliphatic heterocycles. The smallest absolute Gasteiger partial charge is 0.262 e. The van der Waals surface area contributed by atoms with Gasteiger partial charge in [-0.2, -0.15) is 0 Å². The summed E-state index contributed by atoms with van der Waals surface area (Å²) < 4.78 is 1.71. The average molecular weight is 439 g/mol. The van der Waals surface area contributed by atoms with Crippen molar-refractivity contribution in [2.45, 2.75) is 44.1 Å². The average Bonchev–Trinajstić information content (AvgIpc) is 2.68. The maximum absolute atomic E-state index is 12.5. The summed E-state index contributed by atoms with van der Waals surface area (Å²) in [6.45, 7) is 0. The highest BCUT2D eigenvalue weighted by atomic mass is 79.9. The molecule has 8 heteroatoms. The summed E-state index contributed by atoms with van der Waals surface area (Å²) in [5.41, 5.74) is 5.14. The molecular weight excluding hydrogens is 422 g/mol. The van der Waals surface area contributed by atoms with E-state index in [1.807, 2.05) is 0 Å². The molecule has 1 aliphatic rings. The quantitative estimate of drug-likeness (QED) is 0.220. The molecule has 1 aromatic heterocycles. The predicted molar refractivity (Wildman–Crippen MR) is 91.0 cm³/mol. The fraction of sp³-hybridized carbons (Fsp3) is 0.538. The second kappa shape index (κ2) is 7.11. The predicted octanol–water partition coefficient (Wildman–Crippen LogP) is 3.84. The number of amides is 1. The SMILES string of the molecule is NC(=NO)C1(NC(=O)c2cc(Br)c(Br)s2)CCCCCC1. The lowest BCUT2D eigenvalue weighted by Gasteiger charge is -2.32. The first-order valence-electron chi connectivity index (χ1n) is 6.74. The van der Waals surface area contributed by atoms with E-state index in [1.54, 1.807) is 6.07 Å². The Labute approximate surface area is 144 Å². The topological polar surface area (TPSA) is 87.7 Å². The van der Waals surface area contributed by atoms with Gasteiger partial charge in [-0.3, -0.25) is 4.79 Å². The Morgan fingerprint density at radius 1 is 1.33 bits per heavy atom. The number of nitrogens with zero attached hydrogens (tertiary/aromatic N) is 1. The molecule has 1 heterocycles. The van der Waals surface area contributed by atoms with E-state index in [-0.39, 0.29) is 11.7 Å². The van der Waals surface area contributed by atoms with E-state index >= 15 is 0 Å². The van der Waals surface area contributed by atoms with Gasteiger partial charge in [0.1, 0.15) is 5.54 Å². The zero-order chi connectivity index (χ0) is 15.5. The van der Waals surface area contributed by atoms with Crippen molar-refractivity contribution < 1.29 is 10.0 Å². The maximum atomic E-state index is 12.5. The fourth-order valence-electron chi connectivity index (χ4n) is 2.61. The van der Waals surface area contributed by atoms with Crippen molar-refractivity contribution in [1.82, 2.24) is 5.32 Å². The van der Waals surface area contributed by atoms with Crippen LogP contribution in [-0.4, -0.2) is 22.5 Å². The van der Waals surface area contributed by atoms with E-state index in [2.05, 4.69) is 42.3 Å². The van der Waals surface area contributed by atoms with E-state index in [4.69, 9.17) is 10.9 Å². The van der Waals surface area contributed by atoms with E-state index in [0.29, 0.717) is 17.7 Å². The van der Waals surface area contributed by atoms with Crippen molar-refractivity contribution in [3.8, 4) is 0 Å². The lowest BCUT2D eigenvalue weighted by molar-refractivity contribution is 0.0919. The van der Waals surface area contributed by atoms with Crippen LogP contribution < -0.4 is 11.1 Å². The normalized spacial score (nSPS) is 19.0. The van der Waals surface area contributed by atoms with E-state index in [9.17, 15) is 4.79 Å². The number of thiophene rings is 1. The number of hydrogen-bond donors (Lipinski definition) is 3. The molecule has 0 radical (unpaired) electrons. The van der Waals surface area contributed by atoms with Gasteiger partial charge in [-0.1, -0.05) is 30.8 Å². The first-order chi connectivity index (χ1) is 9.98. The Morgan fingerprint density at radius 2 is 1.95 bits per heavy atom. The van der Waals surface area contributed by atoms with Crippen LogP contribution in [-0.2, 0) is 0 Å². The van der Waals surface area contributed by atoms with Crippen LogP contribution in [0, 0.1) is 0 Å². The molecule has 0 aromatic carbocycles. The second-order valence-electron chi connectivity index (χ2n) is 5.17. The van der Waals surface area contributed by atoms with Gasteiger partial charge < -0.3 is 16.3 Å². The zero-order valence-corrected chi connectivity index (χ0v) is 15.4. The van der Waals surface area contributed by atoms with Gasteiger partial charge in [-0.15, -0.1) is 11.3 Å². The molecule has 5 nitrogen and oxygen atoms in total. The molecule has 1 saturated carbocycles. The molecule has 21 heavy (non-hydrogen) atoms. The van der Waals surface area contributed by atoms with Crippen molar-refractivity contribution >= 4 is 54.9 Å². The highest BCUT2D eigenvalue weighted by Gasteiger charge is 2.37. The molecule has 1 fully saturated rings. The zero-order valence-electron chi connectivity index (χ0n) is 11.4. The Kier molecular flexibility index (Phi) is 5.67. The van der Waals surface area contributed by atoms with Crippen LogP contribution >= 0.6 is 43.2 Å². The molecule has 2 rings (SSSR count). The van der Waals surface area contributed by atoms with Gasteiger partial charge in [0, 0.05) is 4.47 Å². The van der Waals surface area contributed by atoms with E-state index < -0.39 is 5.54 Å². The third-order valence-corrected chi connectivity index (χ3v) is 7.03. The van der Waals surface area contributed by atoms with Crippen molar-refractivity contribution in [3.63, 3.8) is 0 Å². The number of carbonyl (C=O) groups excluding carboxylic acids is 1. The van der Waals surface area contributed by atoms with E-state index in [1.165, 1.54) is 11.3 Å². The lowest BCUT2D eigenvalue weighted by atomic mass is 9.88. The van der Waals surface area contributed by atoms with Gasteiger partial charge in [-0.25, -0.2) is 0 Å². The number of hydrogen-bond acceptors (Lipinski definition) is 4. The van der Waals surface area contributed by atoms with E-state index in [0.717, 1.165) is 33.9 Å². The first-order valence-corrected chi connectivity index (χ1v) is 9.14. The lowest BCUT2D eigenvalue weighted by Crippen LogP contribution is -2.57. The minimum absolute atomic E-state index is 0.0902. The van der Waals surface area contributed by atoms with Crippen LogP contribution in [0.25, 0.3) is 0 Å². The fourth-order valence-corrected chi connectivity index (χ4v) is 4.54. The highest BCUT2D eigenvalue weighted by molar-refractivity contribution is 9.13. The number of amidine groups is 1. The van der Waals surface area contributed by atoms with Gasteiger partial charge in [0.05, 0.1) is 8.66 Å².